The van der Waals surface area contributed by atoms with Gasteiger partial charge in [0.1, 0.15) is 0 Å². The number of hydrogen-bond donors (Lipinski definition) is 1. The fraction of sp³-hybridized carbons (Fsp3) is 0.444. The summed E-state index contributed by atoms with van der Waals surface area (Å²) in [6.07, 6.45) is 2.43. The highest BCUT2D eigenvalue weighted by molar-refractivity contribution is 5.59. The fourth-order valence-corrected chi connectivity index (χ4v) is 2.52. The SMILES string of the molecule is CC(C)c1ccc(-c2cc(CNC3CC3)c(=O)n(C)n2)cc1. The second kappa shape index (κ2) is 6.05. The molecule has 1 fully saturated rings. The van der Waals surface area contributed by atoms with Gasteiger partial charge in [0.15, 0.2) is 0 Å². The van der Waals surface area contributed by atoms with E-state index in [1.807, 2.05) is 6.07 Å². The predicted molar refractivity (Wildman–Crippen MR) is 88.9 cm³/mol. The second-order valence-electron chi connectivity index (χ2n) is 6.42. The average Bonchev–Trinajstić information content (AvgIpc) is 3.33. The van der Waals surface area contributed by atoms with Crippen molar-refractivity contribution in [2.24, 2.45) is 7.05 Å². The van der Waals surface area contributed by atoms with Gasteiger partial charge in [0.05, 0.1) is 5.69 Å². The molecule has 1 N–H and O–H groups in total. The Balaban J connectivity index is 1.90. The maximum atomic E-state index is 12.2. The van der Waals surface area contributed by atoms with Crippen LogP contribution in [0.1, 0.15) is 43.7 Å². The highest BCUT2D eigenvalue weighted by atomic mass is 16.1. The van der Waals surface area contributed by atoms with Gasteiger partial charge in [-0.2, -0.15) is 5.10 Å². The Morgan fingerprint density at radius 3 is 2.55 bits per heavy atom. The van der Waals surface area contributed by atoms with Gasteiger partial charge in [-0.3, -0.25) is 4.79 Å². The fourth-order valence-electron chi connectivity index (χ4n) is 2.52. The number of nitrogens with one attached hydrogen (secondary N) is 1. The minimum Gasteiger partial charge on any atom is -0.310 e. The summed E-state index contributed by atoms with van der Waals surface area (Å²) in [6.45, 7) is 4.99. The quantitative estimate of drug-likeness (QED) is 0.923. The predicted octanol–water partition coefficient (Wildman–Crippen LogP) is 2.82. The Kier molecular flexibility index (Phi) is 4.12. The molecule has 1 heterocycles. The third kappa shape index (κ3) is 3.28. The van der Waals surface area contributed by atoms with Gasteiger partial charge < -0.3 is 5.32 Å². The van der Waals surface area contributed by atoms with E-state index in [4.69, 9.17) is 0 Å². The van der Waals surface area contributed by atoms with Crippen LogP contribution in [0.2, 0.25) is 0 Å². The van der Waals surface area contributed by atoms with Crippen LogP contribution < -0.4 is 10.9 Å². The Morgan fingerprint density at radius 2 is 1.95 bits per heavy atom. The molecule has 4 nitrogen and oxygen atoms in total. The van der Waals surface area contributed by atoms with Crippen molar-refractivity contribution in [3.63, 3.8) is 0 Å². The maximum Gasteiger partial charge on any atom is 0.271 e. The van der Waals surface area contributed by atoms with Crippen LogP contribution in [-0.2, 0) is 13.6 Å². The molecule has 0 aliphatic heterocycles. The molecule has 0 atom stereocenters. The van der Waals surface area contributed by atoms with Gasteiger partial charge in [-0.15, -0.1) is 0 Å². The summed E-state index contributed by atoms with van der Waals surface area (Å²) in [4.78, 5) is 12.2. The van der Waals surface area contributed by atoms with E-state index in [2.05, 4.69) is 48.5 Å². The first-order chi connectivity index (χ1) is 10.5. The molecule has 0 unspecified atom stereocenters. The van der Waals surface area contributed by atoms with Crippen LogP contribution in [-0.4, -0.2) is 15.8 Å². The van der Waals surface area contributed by atoms with E-state index in [1.165, 1.54) is 23.1 Å². The van der Waals surface area contributed by atoms with Crippen molar-refractivity contribution in [2.75, 3.05) is 0 Å². The number of aromatic nitrogens is 2. The van der Waals surface area contributed by atoms with Gasteiger partial charge >= 0.3 is 0 Å². The number of hydrogen-bond acceptors (Lipinski definition) is 3. The Bertz CT molecular complexity index is 712. The average molecular weight is 297 g/mol. The van der Waals surface area contributed by atoms with E-state index in [1.54, 1.807) is 7.05 Å². The lowest BCUT2D eigenvalue weighted by molar-refractivity contribution is 0.648. The van der Waals surface area contributed by atoms with Crippen molar-refractivity contribution in [1.82, 2.24) is 15.1 Å². The maximum absolute atomic E-state index is 12.2. The van der Waals surface area contributed by atoms with Crippen molar-refractivity contribution >= 4 is 0 Å². The van der Waals surface area contributed by atoms with Crippen LogP contribution in [0.15, 0.2) is 35.1 Å². The van der Waals surface area contributed by atoms with Crippen molar-refractivity contribution in [3.8, 4) is 11.3 Å². The van der Waals surface area contributed by atoms with Crippen LogP contribution in [0.4, 0.5) is 0 Å². The van der Waals surface area contributed by atoms with E-state index in [-0.39, 0.29) is 5.56 Å². The second-order valence-corrected chi connectivity index (χ2v) is 6.42. The monoisotopic (exact) mass is 297 g/mol. The smallest absolute Gasteiger partial charge is 0.271 e. The minimum atomic E-state index is -0.0179. The molecule has 22 heavy (non-hydrogen) atoms. The minimum absolute atomic E-state index is 0.0179. The summed E-state index contributed by atoms with van der Waals surface area (Å²) < 4.78 is 1.44. The topological polar surface area (TPSA) is 46.9 Å². The van der Waals surface area contributed by atoms with Crippen molar-refractivity contribution < 1.29 is 0 Å². The largest absolute Gasteiger partial charge is 0.310 e. The zero-order chi connectivity index (χ0) is 15.7. The molecule has 0 spiro atoms. The van der Waals surface area contributed by atoms with Gasteiger partial charge in [-0.1, -0.05) is 38.1 Å². The summed E-state index contributed by atoms with van der Waals surface area (Å²) in [5, 5.41) is 7.80. The van der Waals surface area contributed by atoms with Gasteiger partial charge in [0.25, 0.3) is 5.56 Å². The molecular formula is C18H23N3O. The van der Waals surface area contributed by atoms with E-state index < -0.39 is 0 Å². The van der Waals surface area contributed by atoms with Crippen LogP contribution in [0.25, 0.3) is 11.3 Å². The lowest BCUT2D eigenvalue weighted by atomic mass is 10.0. The molecule has 3 rings (SSSR count). The van der Waals surface area contributed by atoms with E-state index in [9.17, 15) is 4.79 Å². The van der Waals surface area contributed by atoms with Crippen LogP contribution in [0.5, 0.6) is 0 Å². The Hall–Kier alpha value is -1.94. The van der Waals surface area contributed by atoms with Crippen LogP contribution >= 0.6 is 0 Å². The summed E-state index contributed by atoms with van der Waals surface area (Å²) >= 11 is 0. The molecule has 1 aromatic carbocycles. The van der Waals surface area contributed by atoms with Crippen molar-refractivity contribution in [3.05, 3.63) is 51.8 Å². The third-order valence-electron chi connectivity index (χ3n) is 4.17. The molecule has 1 aromatic heterocycles. The van der Waals surface area contributed by atoms with Gasteiger partial charge in [0, 0.05) is 30.8 Å². The first-order valence-corrected chi connectivity index (χ1v) is 7.95. The van der Waals surface area contributed by atoms with Crippen LogP contribution in [0, 0.1) is 0 Å². The van der Waals surface area contributed by atoms with Gasteiger partial charge in [-0.25, -0.2) is 4.68 Å². The number of rotatable bonds is 5. The molecular weight excluding hydrogens is 274 g/mol. The number of aryl methyl sites for hydroxylation is 1. The van der Waals surface area contributed by atoms with Crippen molar-refractivity contribution in [1.29, 1.82) is 0 Å². The highest BCUT2D eigenvalue weighted by Crippen LogP contribution is 2.22. The van der Waals surface area contributed by atoms with Gasteiger partial charge in [0.2, 0.25) is 0 Å². The standard InChI is InChI=1S/C18H23N3O/c1-12(2)13-4-6-14(7-5-13)17-10-15(11-19-16-8-9-16)18(22)21(3)20-17/h4-7,10,12,16,19H,8-9,11H2,1-3H3. The molecule has 0 bridgehead atoms. The Labute approximate surface area is 131 Å². The van der Waals surface area contributed by atoms with E-state index in [0.29, 0.717) is 18.5 Å². The summed E-state index contributed by atoms with van der Waals surface area (Å²) in [7, 11) is 1.72. The molecule has 0 saturated heterocycles. The molecule has 0 radical (unpaired) electrons. The summed E-state index contributed by atoms with van der Waals surface area (Å²) in [5.74, 6) is 0.514. The first-order valence-electron chi connectivity index (χ1n) is 7.95. The molecule has 0 amide bonds. The highest BCUT2D eigenvalue weighted by Gasteiger charge is 2.21. The van der Waals surface area contributed by atoms with Gasteiger partial charge in [-0.05, 0) is 30.4 Å². The summed E-state index contributed by atoms with van der Waals surface area (Å²) in [5.41, 5.74) is 3.98. The molecule has 116 valence electrons. The molecule has 1 saturated carbocycles. The lowest BCUT2D eigenvalue weighted by Gasteiger charge is -2.10. The van der Waals surface area contributed by atoms with E-state index >= 15 is 0 Å². The zero-order valence-electron chi connectivity index (χ0n) is 13.5. The normalized spacial score (nSPS) is 14.5. The number of benzene rings is 1. The van der Waals surface area contributed by atoms with E-state index in [0.717, 1.165) is 16.8 Å². The Morgan fingerprint density at radius 1 is 1.27 bits per heavy atom. The third-order valence-corrected chi connectivity index (χ3v) is 4.17. The zero-order valence-corrected chi connectivity index (χ0v) is 13.5. The number of nitrogens with zero attached hydrogens (tertiary/aromatic N) is 2. The summed E-state index contributed by atoms with van der Waals surface area (Å²) in [6, 6.07) is 10.9. The molecule has 2 aromatic rings. The molecule has 1 aliphatic carbocycles. The lowest BCUT2D eigenvalue weighted by Crippen LogP contribution is -2.28. The molecule has 1 aliphatic rings. The first kappa shape index (κ1) is 15.0. The molecule has 4 heteroatoms. The van der Waals surface area contributed by atoms with Crippen molar-refractivity contribution in [2.45, 2.75) is 45.2 Å². The van der Waals surface area contributed by atoms with Crippen LogP contribution in [0.3, 0.4) is 0 Å².